The molecule has 2 rings (SSSR count). The molecule has 0 aliphatic heterocycles. The Balaban J connectivity index is 2.20. The molecule has 6 heteroatoms. The number of hydrogen-bond acceptors (Lipinski definition) is 4. The van der Waals surface area contributed by atoms with Crippen molar-refractivity contribution in [1.29, 1.82) is 5.26 Å². The number of carbonyl (C=O) groups is 1. The van der Waals surface area contributed by atoms with Crippen LogP contribution in [-0.4, -0.2) is 20.1 Å². The van der Waals surface area contributed by atoms with Gasteiger partial charge < -0.3 is 14.8 Å². The van der Waals surface area contributed by atoms with E-state index >= 15 is 0 Å². The lowest BCUT2D eigenvalue weighted by Gasteiger charge is -2.10. The Morgan fingerprint density at radius 1 is 1.24 bits per heavy atom. The highest BCUT2D eigenvalue weighted by Crippen LogP contribution is 2.32. The van der Waals surface area contributed by atoms with Crippen molar-refractivity contribution >= 4 is 23.6 Å². The number of ether oxygens (including phenoxy) is 2. The Hall–Kier alpha value is -2.97. The number of methoxy groups -OCH3 is 2. The minimum absolute atomic E-state index is 0.0337. The first-order valence-electron chi connectivity index (χ1n) is 7.44. The van der Waals surface area contributed by atoms with Gasteiger partial charge in [0.05, 0.1) is 14.2 Å². The predicted molar refractivity (Wildman–Crippen MR) is 96.4 cm³/mol. The Morgan fingerprint density at radius 3 is 2.64 bits per heavy atom. The van der Waals surface area contributed by atoms with Gasteiger partial charge in [-0.15, -0.1) is 0 Å². The summed E-state index contributed by atoms with van der Waals surface area (Å²) in [5.41, 5.74) is 1.39. The van der Waals surface area contributed by atoms with Crippen LogP contribution in [0, 0.1) is 11.3 Å². The van der Waals surface area contributed by atoms with Crippen LogP contribution in [0.25, 0.3) is 6.08 Å². The molecule has 0 saturated heterocycles. The molecule has 128 valence electrons. The van der Waals surface area contributed by atoms with E-state index in [-0.39, 0.29) is 12.1 Å². The molecule has 1 amide bonds. The lowest BCUT2D eigenvalue weighted by Crippen LogP contribution is -2.23. The van der Waals surface area contributed by atoms with Crippen LogP contribution in [0.3, 0.4) is 0 Å². The highest BCUT2D eigenvalue weighted by Gasteiger charge is 2.13. The number of benzene rings is 2. The van der Waals surface area contributed by atoms with Crippen molar-refractivity contribution in [2.75, 3.05) is 14.2 Å². The number of amides is 1. The average Bonchev–Trinajstić information content (AvgIpc) is 2.63. The van der Waals surface area contributed by atoms with Crippen molar-refractivity contribution in [2.24, 2.45) is 0 Å². The fourth-order valence-corrected chi connectivity index (χ4v) is 2.47. The standard InChI is InChI=1S/C19H17ClN2O3/c1-24-17-8-4-6-14(18(17)25-2)10-15(11-21)19(23)22-12-13-5-3-7-16(20)9-13/h3-10H,12H2,1-2H3,(H,22,23). The Morgan fingerprint density at radius 2 is 2.00 bits per heavy atom. The number of halogens is 1. The van der Waals surface area contributed by atoms with Crippen LogP contribution in [0.15, 0.2) is 48.0 Å². The Kier molecular flexibility index (Phi) is 6.44. The second kappa shape index (κ2) is 8.76. The van der Waals surface area contributed by atoms with Crippen LogP contribution in [0.2, 0.25) is 5.02 Å². The van der Waals surface area contributed by atoms with Gasteiger partial charge in [-0.25, -0.2) is 0 Å². The molecular formula is C19H17ClN2O3. The molecule has 0 bridgehead atoms. The molecule has 2 aromatic carbocycles. The van der Waals surface area contributed by atoms with Gasteiger partial charge in [-0.2, -0.15) is 5.26 Å². The molecule has 0 aliphatic rings. The van der Waals surface area contributed by atoms with Gasteiger partial charge in [-0.05, 0) is 29.8 Å². The van der Waals surface area contributed by atoms with Crippen molar-refractivity contribution in [3.05, 3.63) is 64.2 Å². The molecular weight excluding hydrogens is 340 g/mol. The maximum Gasteiger partial charge on any atom is 0.262 e. The molecule has 0 fully saturated rings. The van der Waals surface area contributed by atoms with Crippen LogP contribution in [0.1, 0.15) is 11.1 Å². The highest BCUT2D eigenvalue weighted by atomic mass is 35.5. The summed E-state index contributed by atoms with van der Waals surface area (Å²) in [6, 6.07) is 14.3. The van der Waals surface area contributed by atoms with Crippen LogP contribution in [-0.2, 0) is 11.3 Å². The summed E-state index contributed by atoms with van der Waals surface area (Å²) in [6.07, 6.45) is 1.47. The normalized spacial score (nSPS) is 10.7. The fraction of sp³-hybridized carbons (Fsp3) is 0.158. The SMILES string of the molecule is COc1cccc(C=C(C#N)C(=O)NCc2cccc(Cl)c2)c1OC. The van der Waals surface area contributed by atoms with E-state index in [4.69, 9.17) is 21.1 Å². The predicted octanol–water partition coefficient (Wildman–Crippen LogP) is 3.58. The van der Waals surface area contributed by atoms with Gasteiger partial charge in [0.25, 0.3) is 5.91 Å². The molecule has 2 aromatic rings. The molecule has 1 N–H and O–H groups in total. The molecule has 0 atom stereocenters. The lowest BCUT2D eigenvalue weighted by atomic mass is 10.1. The summed E-state index contributed by atoms with van der Waals surface area (Å²) in [5.74, 6) is 0.501. The van der Waals surface area contributed by atoms with Crippen molar-refractivity contribution in [1.82, 2.24) is 5.32 Å². The zero-order valence-corrected chi connectivity index (χ0v) is 14.6. The molecule has 0 unspecified atom stereocenters. The van der Waals surface area contributed by atoms with Crippen LogP contribution < -0.4 is 14.8 Å². The second-order valence-electron chi connectivity index (χ2n) is 5.07. The quantitative estimate of drug-likeness (QED) is 0.634. The lowest BCUT2D eigenvalue weighted by molar-refractivity contribution is -0.117. The first kappa shape index (κ1) is 18.4. The Bertz CT molecular complexity index is 841. The minimum atomic E-state index is -0.479. The van der Waals surface area contributed by atoms with Crippen LogP contribution in [0.5, 0.6) is 11.5 Å². The summed E-state index contributed by atoms with van der Waals surface area (Å²) >= 11 is 5.92. The van der Waals surface area contributed by atoms with Crippen molar-refractivity contribution in [3.63, 3.8) is 0 Å². The van der Waals surface area contributed by atoms with Crippen molar-refractivity contribution < 1.29 is 14.3 Å². The second-order valence-corrected chi connectivity index (χ2v) is 5.50. The minimum Gasteiger partial charge on any atom is -0.493 e. The largest absolute Gasteiger partial charge is 0.493 e. The number of nitrogens with zero attached hydrogens (tertiary/aromatic N) is 1. The smallest absolute Gasteiger partial charge is 0.262 e. The number of hydrogen-bond donors (Lipinski definition) is 1. The van der Waals surface area contributed by atoms with E-state index < -0.39 is 5.91 Å². The number of nitriles is 1. The highest BCUT2D eigenvalue weighted by molar-refractivity contribution is 6.30. The Labute approximate surface area is 151 Å². The van der Waals surface area contributed by atoms with Crippen molar-refractivity contribution in [3.8, 4) is 17.6 Å². The molecule has 0 spiro atoms. The molecule has 0 heterocycles. The summed E-state index contributed by atoms with van der Waals surface area (Å²) in [7, 11) is 3.02. The van der Waals surface area contributed by atoms with E-state index in [1.807, 2.05) is 12.1 Å². The summed E-state index contributed by atoms with van der Waals surface area (Å²) < 4.78 is 10.5. The van der Waals surface area contributed by atoms with Gasteiger partial charge in [0, 0.05) is 17.1 Å². The first-order valence-corrected chi connectivity index (χ1v) is 7.82. The third-order valence-electron chi connectivity index (χ3n) is 3.44. The molecule has 0 saturated carbocycles. The number of nitrogens with one attached hydrogen (secondary N) is 1. The van der Waals surface area contributed by atoms with E-state index in [1.54, 1.807) is 36.4 Å². The number of para-hydroxylation sites is 1. The third-order valence-corrected chi connectivity index (χ3v) is 3.68. The molecule has 0 aliphatic carbocycles. The number of carbonyl (C=O) groups excluding carboxylic acids is 1. The maximum atomic E-state index is 12.3. The van der Waals surface area contributed by atoms with Gasteiger partial charge >= 0.3 is 0 Å². The number of rotatable bonds is 6. The van der Waals surface area contributed by atoms with Crippen LogP contribution >= 0.6 is 11.6 Å². The molecule has 25 heavy (non-hydrogen) atoms. The monoisotopic (exact) mass is 356 g/mol. The van der Waals surface area contributed by atoms with E-state index in [1.165, 1.54) is 20.3 Å². The fourth-order valence-electron chi connectivity index (χ4n) is 2.25. The van der Waals surface area contributed by atoms with Gasteiger partial charge in [0.1, 0.15) is 11.6 Å². The summed E-state index contributed by atoms with van der Waals surface area (Å²) in [5, 5.41) is 12.6. The maximum absolute atomic E-state index is 12.3. The van der Waals surface area contributed by atoms with Gasteiger partial charge in [-0.1, -0.05) is 35.9 Å². The van der Waals surface area contributed by atoms with Gasteiger partial charge in [-0.3, -0.25) is 4.79 Å². The molecule has 5 nitrogen and oxygen atoms in total. The van der Waals surface area contributed by atoms with E-state index in [2.05, 4.69) is 5.32 Å². The zero-order valence-electron chi connectivity index (χ0n) is 13.9. The average molecular weight is 357 g/mol. The van der Waals surface area contributed by atoms with E-state index in [9.17, 15) is 10.1 Å². The zero-order chi connectivity index (χ0) is 18.2. The van der Waals surface area contributed by atoms with Crippen LogP contribution in [0.4, 0.5) is 0 Å². The van der Waals surface area contributed by atoms with E-state index in [0.29, 0.717) is 22.1 Å². The molecule has 0 radical (unpaired) electrons. The first-order chi connectivity index (χ1) is 12.1. The third kappa shape index (κ3) is 4.75. The van der Waals surface area contributed by atoms with Gasteiger partial charge in [0.15, 0.2) is 11.5 Å². The van der Waals surface area contributed by atoms with Crippen molar-refractivity contribution in [2.45, 2.75) is 6.54 Å². The topological polar surface area (TPSA) is 71.3 Å². The van der Waals surface area contributed by atoms with Gasteiger partial charge in [0.2, 0.25) is 0 Å². The van der Waals surface area contributed by atoms with E-state index in [0.717, 1.165) is 5.56 Å². The summed E-state index contributed by atoms with van der Waals surface area (Å²) in [6.45, 7) is 0.271. The summed E-state index contributed by atoms with van der Waals surface area (Å²) in [4.78, 5) is 12.3. The molecule has 0 aromatic heterocycles.